The Morgan fingerprint density at radius 3 is 2.76 bits per heavy atom. The van der Waals surface area contributed by atoms with Gasteiger partial charge in [-0.3, -0.25) is 10.2 Å². The summed E-state index contributed by atoms with van der Waals surface area (Å²) in [7, 11) is 0. The van der Waals surface area contributed by atoms with Crippen LogP contribution >= 0.6 is 34.2 Å². The number of benzene rings is 1. The van der Waals surface area contributed by atoms with Gasteiger partial charge < -0.3 is 4.74 Å². The Bertz CT molecular complexity index is 440. The molecule has 0 saturated carbocycles. The Hall–Kier alpha value is -1.02. The molecule has 17 heavy (non-hydrogen) atoms. The van der Waals surface area contributed by atoms with Crippen molar-refractivity contribution in [2.75, 3.05) is 6.61 Å². The van der Waals surface area contributed by atoms with Crippen LogP contribution in [0, 0.1) is 3.57 Å². The van der Waals surface area contributed by atoms with Crippen LogP contribution in [0.1, 0.15) is 17.3 Å². The maximum Gasteiger partial charge on any atom is 0.426 e. The molecule has 0 unspecified atom stereocenters. The predicted molar refractivity (Wildman–Crippen MR) is 71.8 cm³/mol. The molecule has 0 bridgehead atoms. The highest BCUT2D eigenvalue weighted by Crippen LogP contribution is 2.17. The maximum absolute atomic E-state index is 11.7. The largest absolute Gasteiger partial charge is 0.449 e. The number of hydrazine groups is 1. The van der Waals surface area contributed by atoms with Gasteiger partial charge in [0.1, 0.15) is 0 Å². The van der Waals surface area contributed by atoms with Gasteiger partial charge in [0.2, 0.25) is 0 Å². The van der Waals surface area contributed by atoms with Crippen LogP contribution in [0.15, 0.2) is 18.2 Å². The average Bonchev–Trinajstić information content (AvgIpc) is 2.29. The standard InChI is InChI=1S/C10H10ClIN2O3/c1-2-17-10(16)14-13-9(15)7-5-6(11)3-4-8(7)12/h3-5H,2H2,1H3,(H,13,15)(H,14,16). The molecule has 0 aliphatic rings. The summed E-state index contributed by atoms with van der Waals surface area (Å²) in [5.41, 5.74) is 4.73. The Morgan fingerprint density at radius 2 is 2.12 bits per heavy atom. The van der Waals surface area contributed by atoms with Gasteiger partial charge in [-0.05, 0) is 47.7 Å². The van der Waals surface area contributed by atoms with E-state index in [2.05, 4.69) is 15.6 Å². The van der Waals surface area contributed by atoms with Gasteiger partial charge in [-0.2, -0.15) is 0 Å². The molecule has 0 atom stereocenters. The average molecular weight is 369 g/mol. The quantitative estimate of drug-likeness (QED) is 0.622. The van der Waals surface area contributed by atoms with E-state index < -0.39 is 12.0 Å². The lowest BCUT2D eigenvalue weighted by molar-refractivity contribution is 0.0912. The predicted octanol–water partition coefficient (Wildman–Crippen LogP) is 2.34. The van der Waals surface area contributed by atoms with Gasteiger partial charge in [0.25, 0.3) is 5.91 Å². The minimum Gasteiger partial charge on any atom is -0.449 e. The van der Waals surface area contributed by atoms with Gasteiger partial charge in [0.15, 0.2) is 0 Å². The summed E-state index contributed by atoms with van der Waals surface area (Å²) in [6.07, 6.45) is -0.710. The molecule has 2 amide bonds. The van der Waals surface area contributed by atoms with Crippen molar-refractivity contribution in [3.8, 4) is 0 Å². The van der Waals surface area contributed by atoms with E-state index in [-0.39, 0.29) is 6.61 Å². The second-order valence-corrected chi connectivity index (χ2v) is 4.52. The fourth-order valence-electron chi connectivity index (χ4n) is 1.01. The van der Waals surface area contributed by atoms with Crippen molar-refractivity contribution >= 4 is 46.2 Å². The summed E-state index contributed by atoms with van der Waals surface area (Å²) in [5.74, 6) is -0.454. The lowest BCUT2D eigenvalue weighted by Gasteiger charge is -2.08. The molecule has 0 radical (unpaired) electrons. The monoisotopic (exact) mass is 368 g/mol. The molecular formula is C10H10ClIN2O3. The van der Waals surface area contributed by atoms with Crippen LogP contribution in [0.5, 0.6) is 0 Å². The third-order valence-electron chi connectivity index (χ3n) is 1.73. The number of amides is 2. The number of hydrogen-bond donors (Lipinski definition) is 2. The molecule has 0 fully saturated rings. The first kappa shape index (κ1) is 14.0. The first-order valence-electron chi connectivity index (χ1n) is 4.72. The molecule has 5 nitrogen and oxygen atoms in total. The van der Waals surface area contributed by atoms with Crippen molar-refractivity contribution < 1.29 is 14.3 Å². The van der Waals surface area contributed by atoms with Crippen LogP contribution in [-0.4, -0.2) is 18.6 Å². The summed E-state index contributed by atoms with van der Waals surface area (Å²) in [4.78, 5) is 22.6. The van der Waals surface area contributed by atoms with Crippen LogP contribution in [0.3, 0.4) is 0 Å². The number of halogens is 2. The number of carbonyl (C=O) groups excluding carboxylic acids is 2. The molecular weight excluding hydrogens is 358 g/mol. The summed E-state index contributed by atoms with van der Waals surface area (Å²) in [5, 5.41) is 0.451. The van der Waals surface area contributed by atoms with Crippen LogP contribution in [-0.2, 0) is 4.74 Å². The van der Waals surface area contributed by atoms with Gasteiger partial charge in [-0.1, -0.05) is 11.6 Å². The summed E-state index contributed by atoms with van der Waals surface area (Å²) < 4.78 is 5.32. The normalized spacial score (nSPS) is 9.59. The fraction of sp³-hybridized carbons (Fsp3) is 0.200. The number of nitrogens with one attached hydrogen (secondary N) is 2. The highest BCUT2D eigenvalue weighted by Gasteiger charge is 2.11. The van der Waals surface area contributed by atoms with Crippen molar-refractivity contribution in [2.24, 2.45) is 0 Å². The van der Waals surface area contributed by atoms with Crippen molar-refractivity contribution in [2.45, 2.75) is 6.92 Å². The number of ether oxygens (including phenoxy) is 1. The van der Waals surface area contributed by atoms with Gasteiger partial charge >= 0.3 is 6.09 Å². The van der Waals surface area contributed by atoms with E-state index in [0.29, 0.717) is 10.6 Å². The van der Waals surface area contributed by atoms with Crippen LogP contribution in [0.25, 0.3) is 0 Å². The molecule has 0 heterocycles. The molecule has 92 valence electrons. The molecule has 0 aliphatic carbocycles. The van der Waals surface area contributed by atoms with E-state index in [9.17, 15) is 9.59 Å². The zero-order valence-electron chi connectivity index (χ0n) is 8.92. The molecule has 0 spiro atoms. The zero-order valence-corrected chi connectivity index (χ0v) is 11.8. The van der Waals surface area contributed by atoms with Gasteiger partial charge in [0, 0.05) is 8.59 Å². The third-order valence-corrected chi connectivity index (χ3v) is 2.90. The zero-order chi connectivity index (χ0) is 12.8. The molecule has 0 aliphatic heterocycles. The second kappa shape index (κ2) is 6.65. The molecule has 2 N–H and O–H groups in total. The topological polar surface area (TPSA) is 67.4 Å². The summed E-state index contributed by atoms with van der Waals surface area (Å²) >= 11 is 7.78. The van der Waals surface area contributed by atoms with Gasteiger partial charge in [0.05, 0.1) is 12.2 Å². The van der Waals surface area contributed by atoms with Gasteiger partial charge in [-0.15, -0.1) is 0 Å². The summed E-state index contributed by atoms with van der Waals surface area (Å²) in [6.45, 7) is 1.90. The molecule has 1 rings (SSSR count). The van der Waals surface area contributed by atoms with Crippen molar-refractivity contribution in [1.29, 1.82) is 0 Å². The SMILES string of the molecule is CCOC(=O)NNC(=O)c1cc(Cl)ccc1I. The van der Waals surface area contributed by atoms with Crippen LogP contribution in [0.4, 0.5) is 4.79 Å². The van der Waals surface area contributed by atoms with E-state index in [0.717, 1.165) is 3.57 Å². The van der Waals surface area contributed by atoms with Crippen LogP contribution < -0.4 is 10.9 Å². The minimum absolute atomic E-state index is 0.233. The lowest BCUT2D eigenvalue weighted by Crippen LogP contribution is -2.42. The van der Waals surface area contributed by atoms with Gasteiger partial charge in [-0.25, -0.2) is 10.2 Å². The Labute approximate surface area is 117 Å². The molecule has 0 aromatic heterocycles. The van der Waals surface area contributed by atoms with E-state index >= 15 is 0 Å². The molecule has 1 aromatic rings. The molecule has 0 saturated heterocycles. The lowest BCUT2D eigenvalue weighted by atomic mass is 10.2. The van der Waals surface area contributed by atoms with Crippen molar-refractivity contribution in [3.05, 3.63) is 32.4 Å². The molecule has 7 heteroatoms. The van der Waals surface area contributed by atoms with Crippen molar-refractivity contribution in [1.82, 2.24) is 10.9 Å². The van der Waals surface area contributed by atoms with Crippen LogP contribution in [0.2, 0.25) is 5.02 Å². The Balaban J connectivity index is 2.64. The highest BCUT2D eigenvalue weighted by molar-refractivity contribution is 14.1. The summed E-state index contributed by atoms with van der Waals surface area (Å²) in [6, 6.07) is 4.91. The van der Waals surface area contributed by atoms with E-state index in [4.69, 9.17) is 11.6 Å². The molecule has 1 aromatic carbocycles. The van der Waals surface area contributed by atoms with Crippen molar-refractivity contribution in [3.63, 3.8) is 0 Å². The van der Waals surface area contributed by atoms with E-state index in [1.54, 1.807) is 19.1 Å². The Kier molecular flexibility index (Phi) is 5.49. The minimum atomic E-state index is -0.710. The second-order valence-electron chi connectivity index (χ2n) is 2.92. The smallest absolute Gasteiger partial charge is 0.426 e. The highest BCUT2D eigenvalue weighted by atomic mass is 127. The number of rotatable bonds is 2. The third kappa shape index (κ3) is 4.39. The first-order chi connectivity index (χ1) is 8.04. The van der Waals surface area contributed by atoms with E-state index in [1.165, 1.54) is 6.07 Å². The number of hydrogen-bond acceptors (Lipinski definition) is 3. The van der Waals surface area contributed by atoms with E-state index in [1.807, 2.05) is 22.6 Å². The first-order valence-corrected chi connectivity index (χ1v) is 6.18. The number of carbonyl (C=O) groups is 2. The Morgan fingerprint density at radius 1 is 1.41 bits per heavy atom. The maximum atomic E-state index is 11.7. The fourth-order valence-corrected chi connectivity index (χ4v) is 1.77.